The van der Waals surface area contributed by atoms with E-state index in [-0.39, 0.29) is 0 Å². The van der Waals surface area contributed by atoms with Crippen LogP contribution in [0.3, 0.4) is 0 Å². The molecule has 0 spiro atoms. The highest BCUT2D eigenvalue weighted by Crippen LogP contribution is 2.21. The topological polar surface area (TPSA) is 3.24 Å². The third-order valence-electron chi connectivity index (χ3n) is 2.71. The Balaban J connectivity index is 2.77. The summed E-state index contributed by atoms with van der Waals surface area (Å²) in [7, 11) is 0. The van der Waals surface area contributed by atoms with Crippen molar-refractivity contribution < 1.29 is 0 Å². The Morgan fingerprint density at radius 1 is 1.14 bits per heavy atom. The zero-order chi connectivity index (χ0) is 10.6. The summed E-state index contributed by atoms with van der Waals surface area (Å²) in [4.78, 5) is 2.45. The fourth-order valence-corrected chi connectivity index (χ4v) is 1.99. The van der Waals surface area contributed by atoms with Crippen LogP contribution in [0.4, 0.5) is 0 Å². The van der Waals surface area contributed by atoms with Gasteiger partial charge in [-0.25, -0.2) is 0 Å². The van der Waals surface area contributed by atoms with E-state index in [1.54, 1.807) is 0 Å². The highest BCUT2D eigenvalue weighted by molar-refractivity contribution is 9.10. The van der Waals surface area contributed by atoms with Crippen molar-refractivity contribution in [3.05, 3.63) is 34.3 Å². The van der Waals surface area contributed by atoms with E-state index >= 15 is 0 Å². The van der Waals surface area contributed by atoms with E-state index in [4.69, 9.17) is 0 Å². The van der Waals surface area contributed by atoms with E-state index < -0.39 is 0 Å². The second-order valence-electron chi connectivity index (χ2n) is 3.45. The molecule has 0 aromatic heterocycles. The van der Waals surface area contributed by atoms with Crippen LogP contribution in [0.5, 0.6) is 0 Å². The molecule has 0 fully saturated rings. The Bertz CT molecular complexity index is 264. The maximum atomic E-state index is 3.45. The minimum atomic E-state index is 0.512. The maximum absolute atomic E-state index is 3.45. The van der Waals surface area contributed by atoms with Crippen LogP contribution >= 0.6 is 15.9 Å². The molecule has 1 aromatic rings. The standard InChI is InChI=1S/C12H18BrN/c1-4-14(5-2)10(3)11-6-8-12(13)9-7-11/h6-10H,4-5H2,1-3H3. The van der Waals surface area contributed by atoms with Gasteiger partial charge in [0, 0.05) is 10.5 Å². The fraction of sp³-hybridized carbons (Fsp3) is 0.500. The van der Waals surface area contributed by atoms with Crippen LogP contribution in [0.25, 0.3) is 0 Å². The predicted octanol–water partition coefficient (Wildman–Crippen LogP) is 3.85. The smallest absolute Gasteiger partial charge is 0.0319 e. The second-order valence-corrected chi connectivity index (χ2v) is 4.36. The van der Waals surface area contributed by atoms with Gasteiger partial charge in [0.25, 0.3) is 0 Å². The first-order chi connectivity index (χ1) is 6.69. The maximum Gasteiger partial charge on any atom is 0.0319 e. The zero-order valence-corrected chi connectivity index (χ0v) is 10.7. The van der Waals surface area contributed by atoms with Crippen LogP contribution in [-0.2, 0) is 0 Å². The normalized spacial score (nSPS) is 13.2. The molecule has 1 nitrogen and oxygen atoms in total. The Labute approximate surface area is 95.2 Å². The van der Waals surface area contributed by atoms with E-state index in [1.165, 1.54) is 5.56 Å². The van der Waals surface area contributed by atoms with Crippen molar-refractivity contribution in [2.75, 3.05) is 13.1 Å². The van der Waals surface area contributed by atoms with Gasteiger partial charge in [-0.2, -0.15) is 0 Å². The summed E-state index contributed by atoms with van der Waals surface area (Å²) in [6.07, 6.45) is 0. The molecule has 14 heavy (non-hydrogen) atoms. The molecule has 1 aromatic carbocycles. The predicted molar refractivity (Wildman–Crippen MR) is 65.5 cm³/mol. The summed E-state index contributed by atoms with van der Waals surface area (Å²) in [5.41, 5.74) is 1.39. The minimum absolute atomic E-state index is 0.512. The van der Waals surface area contributed by atoms with Gasteiger partial charge in [-0.3, -0.25) is 4.90 Å². The second kappa shape index (κ2) is 5.52. The lowest BCUT2D eigenvalue weighted by Crippen LogP contribution is -2.26. The molecule has 1 unspecified atom stereocenters. The number of rotatable bonds is 4. The van der Waals surface area contributed by atoms with Gasteiger partial charge in [-0.1, -0.05) is 41.9 Å². The average molecular weight is 256 g/mol. The Morgan fingerprint density at radius 2 is 1.64 bits per heavy atom. The largest absolute Gasteiger partial charge is 0.297 e. The van der Waals surface area contributed by atoms with Crippen molar-refractivity contribution in [2.45, 2.75) is 26.8 Å². The first kappa shape index (κ1) is 11.7. The van der Waals surface area contributed by atoms with Gasteiger partial charge in [0.1, 0.15) is 0 Å². The molecule has 0 saturated heterocycles. The average Bonchev–Trinajstić information content (AvgIpc) is 2.20. The van der Waals surface area contributed by atoms with Crippen molar-refractivity contribution in [1.29, 1.82) is 0 Å². The van der Waals surface area contributed by atoms with Gasteiger partial charge >= 0.3 is 0 Å². The lowest BCUT2D eigenvalue weighted by molar-refractivity contribution is 0.234. The summed E-state index contributed by atoms with van der Waals surface area (Å²) < 4.78 is 1.15. The SMILES string of the molecule is CCN(CC)C(C)c1ccc(Br)cc1. The van der Waals surface area contributed by atoms with E-state index in [0.717, 1.165) is 17.6 Å². The van der Waals surface area contributed by atoms with E-state index in [0.29, 0.717) is 6.04 Å². The molecule has 2 heteroatoms. The lowest BCUT2D eigenvalue weighted by atomic mass is 10.1. The van der Waals surface area contributed by atoms with Gasteiger partial charge in [0.15, 0.2) is 0 Å². The first-order valence-corrected chi connectivity index (χ1v) is 5.97. The molecule has 0 aliphatic carbocycles. The van der Waals surface area contributed by atoms with Gasteiger partial charge in [0.05, 0.1) is 0 Å². The molecular weight excluding hydrogens is 238 g/mol. The molecule has 0 heterocycles. The van der Waals surface area contributed by atoms with E-state index in [2.05, 4.69) is 65.9 Å². The summed E-state index contributed by atoms with van der Waals surface area (Å²) in [6.45, 7) is 8.88. The van der Waals surface area contributed by atoms with Crippen LogP contribution in [0.15, 0.2) is 28.7 Å². The van der Waals surface area contributed by atoms with Gasteiger partial charge < -0.3 is 0 Å². The number of nitrogens with zero attached hydrogens (tertiary/aromatic N) is 1. The monoisotopic (exact) mass is 255 g/mol. The molecule has 0 aliphatic rings. The zero-order valence-electron chi connectivity index (χ0n) is 9.13. The number of halogens is 1. The summed E-state index contributed by atoms with van der Waals surface area (Å²) in [5, 5.41) is 0. The van der Waals surface area contributed by atoms with E-state index in [1.807, 2.05) is 0 Å². The summed E-state index contributed by atoms with van der Waals surface area (Å²) in [6, 6.07) is 9.10. The molecule has 0 N–H and O–H groups in total. The Kier molecular flexibility index (Phi) is 4.63. The minimum Gasteiger partial charge on any atom is -0.297 e. The molecular formula is C12H18BrN. The van der Waals surface area contributed by atoms with Crippen molar-refractivity contribution in [3.8, 4) is 0 Å². The van der Waals surface area contributed by atoms with Crippen LogP contribution < -0.4 is 0 Å². The molecule has 1 atom stereocenters. The van der Waals surface area contributed by atoms with Gasteiger partial charge in [0.2, 0.25) is 0 Å². The fourth-order valence-electron chi connectivity index (χ4n) is 1.72. The number of hydrogen-bond acceptors (Lipinski definition) is 1. The summed E-state index contributed by atoms with van der Waals surface area (Å²) in [5.74, 6) is 0. The van der Waals surface area contributed by atoms with E-state index in [9.17, 15) is 0 Å². The first-order valence-electron chi connectivity index (χ1n) is 5.18. The molecule has 0 saturated carbocycles. The van der Waals surface area contributed by atoms with Crippen LogP contribution in [0.2, 0.25) is 0 Å². The molecule has 0 amide bonds. The van der Waals surface area contributed by atoms with Crippen molar-refractivity contribution >= 4 is 15.9 Å². The third kappa shape index (κ3) is 2.82. The number of hydrogen-bond donors (Lipinski definition) is 0. The third-order valence-corrected chi connectivity index (χ3v) is 3.24. The molecule has 0 radical (unpaired) electrons. The Morgan fingerprint density at radius 3 is 2.07 bits per heavy atom. The summed E-state index contributed by atoms with van der Waals surface area (Å²) >= 11 is 3.45. The Hall–Kier alpha value is -0.340. The number of benzene rings is 1. The van der Waals surface area contributed by atoms with Gasteiger partial charge in [-0.15, -0.1) is 0 Å². The molecule has 78 valence electrons. The van der Waals surface area contributed by atoms with Crippen molar-refractivity contribution in [3.63, 3.8) is 0 Å². The van der Waals surface area contributed by atoms with Crippen molar-refractivity contribution in [1.82, 2.24) is 4.90 Å². The van der Waals surface area contributed by atoms with Crippen LogP contribution in [-0.4, -0.2) is 18.0 Å². The van der Waals surface area contributed by atoms with Crippen LogP contribution in [0, 0.1) is 0 Å². The molecule has 1 rings (SSSR count). The lowest BCUT2D eigenvalue weighted by Gasteiger charge is -2.26. The highest BCUT2D eigenvalue weighted by atomic mass is 79.9. The quantitative estimate of drug-likeness (QED) is 0.790. The molecule has 0 bridgehead atoms. The molecule has 0 aliphatic heterocycles. The van der Waals surface area contributed by atoms with Crippen LogP contribution in [0.1, 0.15) is 32.4 Å². The van der Waals surface area contributed by atoms with Crippen molar-refractivity contribution in [2.24, 2.45) is 0 Å². The highest BCUT2D eigenvalue weighted by Gasteiger charge is 2.11. The van der Waals surface area contributed by atoms with Gasteiger partial charge in [-0.05, 0) is 37.7 Å².